The van der Waals surface area contributed by atoms with Crippen LogP contribution in [0.3, 0.4) is 0 Å². The quantitative estimate of drug-likeness (QED) is 0.608. The maximum atomic E-state index is 12.6. The van der Waals surface area contributed by atoms with Crippen molar-refractivity contribution in [3.63, 3.8) is 0 Å². The van der Waals surface area contributed by atoms with Gasteiger partial charge in [0.15, 0.2) is 5.82 Å². The summed E-state index contributed by atoms with van der Waals surface area (Å²) in [6.45, 7) is 6.85. The predicted octanol–water partition coefficient (Wildman–Crippen LogP) is 4.41. The molecule has 4 rings (SSSR count). The third-order valence-corrected chi connectivity index (χ3v) is 4.93. The van der Waals surface area contributed by atoms with Crippen LogP contribution in [-0.4, -0.2) is 49.3 Å². The Kier molecular flexibility index (Phi) is 5.94. The highest BCUT2D eigenvalue weighted by Gasteiger charge is 2.31. The van der Waals surface area contributed by atoms with E-state index < -0.39 is 5.60 Å². The highest BCUT2D eigenvalue weighted by Crippen LogP contribution is 2.23. The number of carbonyl (C=O) groups excluding carboxylic acids is 1. The maximum Gasteiger partial charge on any atom is 0.429 e. The Morgan fingerprint density at radius 2 is 1.84 bits per heavy atom. The first kappa shape index (κ1) is 21.5. The van der Waals surface area contributed by atoms with E-state index in [0.717, 1.165) is 23.5 Å². The maximum absolute atomic E-state index is 12.6. The number of anilines is 1. The zero-order valence-corrected chi connectivity index (χ0v) is 18.9. The fraction of sp³-hybridized carbons (Fsp3) is 0.333. The average Bonchev–Trinajstić information content (AvgIpc) is 3.39. The molecule has 8 heteroatoms. The molecule has 8 nitrogen and oxygen atoms in total. The van der Waals surface area contributed by atoms with Crippen LogP contribution in [0.2, 0.25) is 0 Å². The molecule has 0 N–H and O–H groups in total. The van der Waals surface area contributed by atoms with E-state index in [9.17, 15) is 4.79 Å². The summed E-state index contributed by atoms with van der Waals surface area (Å²) in [4.78, 5) is 26.3. The second-order valence-electron chi connectivity index (χ2n) is 8.68. The highest BCUT2D eigenvalue weighted by atomic mass is 16.6. The van der Waals surface area contributed by atoms with Crippen molar-refractivity contribution in [3.8, 4) is 11.3 Å². The number of carbonyl (C=O) groups is 1. The number of aryl methyl sites for hydroxylation is 1. The molecule has 1 saturated heterocycles. The Morgan fingerprint density at radius 3 is 2.59 bits per heavy atom. The van der Waals surface area contributed by atoms with Gasteiger partial charge in [0.1, 0.15) is 11.4 Å². The second kappa shape index (κ2) is 8.82. The molecule has 166 valence electrons. The predicted molar refractivity (Wildman–Crippen MR) is 125 cm³/mol. The molecule has 1 fully saturated rings. The lowest BCUT2D eigenvalue weighted by Gasteiger charge is -2.30. The number of hydrogen-bond donors (Lipinski definition) is 0. The van der Waals surface area contributed by atoms with Crippen molar-refractivity contribution in [1.29, 1.82) is 0 Å². The molecule has 0 atom stereocenters. The van der Waals surface area contributed by atoms with Gasteiger partial charge >= 0.3 is 6.09 Å². The van der Waals surface area contributed by atoms with Gasteiger partial charge in [-0.05, 0) is 39.3 Å². The lowest BCUT2D eigenvalue weighted by Crippen LogP contribution is -2.44. The van der Waals surface area contributed by atoms with Gasteiger partial charge in [-0.3, -0.25) is 9.99 Å². The van der Waals surface area contributed by atoms with Crippen LogP contribution in [-0.2, 0) is 11.8 Å². The van der Waals surface area contributed by atoms with E-state index in [4.69, 9.17) is 9.72 Å². The zero-order valence-electron chi connectivity index (χ0n) is 18.9. The summed E-state index contributed by atoms with van der Waals surface area (Å²) >= 11 is 0. The fourth-order valence-electron chi connectivity index (χ4n) is 3.47. The minimum absolute atomic E-state index is 0.376. The standard InChI is InChI=1S/C24H28N6O2/c1-24(2,3)32-23(31)30-14-8-13-29(30)22-16-25-15-19(26-22)11-12-21-27-20(17-28(21)4)18-9-6-5-7-10-18/h5-7,9-12,15-17H,8,13-14H2,1-4H3/b12-11+. The SMILES string of the molecule is Cn1cc(-c2ccccc2)nc1/C=C/c1cncc(N2CCCN2C(=O)OC(C)(C)C)n1. The van der Waals surface area contributed by atoms with Crippen molar-refractivity contribution in [2.75, 3.05) is 18.1 Å². The van der Waals surface area contributed by atoms with Gasteiger partial charge in [0.05, 0.1) is 23.8 Å². The molecule has 32 heavy (non-hydrogen) atoms. The molecule has 2 aromatic heterocycles. The molecule has 0 bridgehead atoms. The molecule has 3 aromatic rings. The van der Waals surface area contributed by atoms with E-state index in [1.165, 1.54) is 0 Å². The summed E-state index contributed by atoms with van der Waals surface area (Å²) in [7, 11) is 1.96. The van der Waals surface area contributed by atoms with Gasteiger partial charge in [-0.15, -0.1) is 0 Å². The van der Waals surface area contributed by atoms with Gasteiger partial charge in [0.25, 0.3) is 0 Å². The normalized spacial score (nSPS) is 14.4. The van der Waals surface area contributed by atoms with Crippen LogP contribution in [0.15, 0.2) is 48.9 Å². The highest BCUT2D eigenvalue weighted by molar-refractivity contribution is 5.72. The number of amides is 1. The van der Waals surface area contributed by atoms with E-state index in [1.54, 1.807) is 17.4 Å². The number of ether oxygens (including phenoxy) is 1. The van der Waals surface area contributed by atoms with Gasteiger partial charge in [-0.2, -0.15) is 0 Å². The minimum atomic E-state index is -0.553. The Balaban J connectivity index is 1.52. The van der Waals surface area contributed by atoms with Crippen LogP contribution < -0.4 is 5.01 Å². The van der Waals surface area contributed by atoms with E-state index in [-0.39, 0.29) is 6.09 Å². The van der Waals surface area contributed by atoms with Crippen molar-refractivity contribution in [2.45, 2.75) is 32.8 Å². The number of nitrogens with zero attached hydrogens (tertiary/aromatic N) is 6. The van der Waals surface area contributed by atoms with Gasteiger partial charge in [-0.1, -0.05) is 30.3 Å². The van der Waals surface area contributed by atoms with E-state index in [2.05, 4.69) is 9.97 Å². The summed E-state index contributed by atoms with van der Waals surface area (Å²) < 4.78 is 7.51. The number of rotatable bonds is 4. The Hall–Kier alpha value is -3.68. The molecule has 0 aliphatic carbocycles. The van der Waals surface area contributed by atoms with Crippen molar-refractivity contribution >= 4 is 24.1 Å². The molecule has 1 aliphatic rings. The van der Waals surface area contributed by atoms with E-state index in [1.807, 2.05) is 86.1 Å². The zero-order chi connectivity index (χ0) is 22.7. The van der Waals surface area contributed by atoms with Crippen molar-refractivity contribution in [3.05, 3.63) is 60.4 Å². The summed E-state index contributed by atoms with van der Waals surface area (Å²) in [5.41, 5.74) is 2.11. The number of imidazole rings is 1. The van der Waals surface area contributed by atoms with Gasteiger partial charge in [-0.25, -0.2) is 19.8 Å². The van der Waals surface area contributed by atoms with Crippen LogP contribution >= 0.6 is 0 Å². The van der Waals surface area contributed by atoms with Crippen LogP contribution in [0, 0.1) is 0 Å². The number of hydrazine groups is 1. The number of aromatic nitrogens is 4. The molecular weight excluding hydrogens is 404 g/mol. The van der Waals surface area contributed by atoms with Gasteiger partial charge in [0.2, 0.25) is 0 Å². The molecule has 0 radical (unpaired) electrons. The third-order valence-electron chi connectivity index (χ3n) is 4.93. The topological polar surface area (TPSA) is 76.4 Å². The minimum Gasteiger partial charge on any atom is -0.442 e. The molecule has 1 aromatic carbocycles. The third kappa shape index (κ3) is 4.96. The molecule has 0 spiro atoms. The Labute approximate surface area is 188 Å². The first-order chi connectivity index (χ1) is 15.3. The van der Waals surface area contributed by atoms with Crippen LogP contribution in [0.25, 0.3) is 23.4 Å². The van der Waals surface area contributed by atoms with Crippen molar-refractivity contribution in [2.24, 2.45) is 7.05 Å². The summed E-state index contributed by atoms with van der Waals surface area (Å²) in [5, 5.41) is 3.42. The van der Waals surface area contributed by atoms with Gasteiger partial charge in [0, 0.05) is 31.9 Å². The Morgan fingerprint density at radius 1 is 1.06 bits per heavy atom. The van der Waals surface area contributed by atoms with Crippen LogP contribution in [0.4, 0.5) is 10.6 Å². The molecule has 3 heterocycles. The first-order valence-electron chi connectivity index (χ1n) is 10.7. The second-order valence-corrected chi connectivity index (χ2v) is 8.68. The van der Waals surface area contributed by atoms with E-state index >= 15 is 0 Å². The lowest BCUT2D eigenvalue weighted by molar-refractivity contribution is 0.0272. The summed E-state index contributed by atoms with van der Waals surface area (Å²) in [6, 6.07) is 10.1. The average molecular weight is 433 g/mol. The van der Waals surface area contributed by atoms with Crippen LogP contribution in [0.5, 0.6) is 0 Å². The number of hydrogen-bond acceptors (Lipinski definition) is 6. The van der Waals surface area contributed by atoms with Crippen molar-refractivity contribution < 1.29 is 9.53 Å². The van der Waals surface area contributed by atoms with Gasteiger partial charge < -0.3 is 9.30 Å². The summed E-state index contributed by atoms with van der Waals surface area (Å²) in [6.07, 6.45) is 9.61. The molecule has 0 saturated carbocycles. The van der Waals surface area contributed by atoms with Crippen LogP contribution in [0.1, 0.15) is 38.7 Å². The fourth-order valence-corrected chi connectivity index (χ4v) is 3.47. The lowest BCUT2D eigenvalue weighted by atomic mass is 10.2. The summed E-state index contributed by atoms with van der Waals surface area (Å²) in [5.74, 6) is 1.42. The molecular formula is C24H28N6O2. The number of benzene rings is 1. The Bertz CT molecular complexity index is 1120. The van der Waals surface area contributed by atoms with E-state index in [0.29, 0.717) is 24.6 Å². The molecule has 1 amide bonds. The monoisotopic (exact) mass is 432 g/mol. The molecule has 1 aliphatic heterocycles. The largest absolute Gasteiger partial charge is 0.442 e. The smallest absolute Gasteiger partial charge is 0.429 e. The molecule has 0 unspecified atom stereocenters. The first-order valence-corrected chi connectivity index (χ1v) is 10.7. The van der Waals surface area contributed by atoms with Crippen molar-refractivity contribution in [1.82, 2.24) is 24.5 Å².